The van der Waals surface area contributed by atoms with Crippen molar-refractivity contribution >= 4 is 24.3 Å². The lowest BCUT2D eigenvalue weighted by Gasteiger charge is -2.26. The number of nitrogens with zero attached hydrogens (tertiary/aromatic N) is 1. The Morgan fingerprint density at radius 3 is 2.55 bits per heavy atom. The van der Waals surface area contributed by atoms with Crippen molar-refractivity contribution in [3.05, 3.63) is 41.1 Å². The maximum atomic E-state index is 11.1. The van der Waals surface area contributed by atoms with Gasteiger partial charge in [0, 0.05) is 29.7 Å². The van der Waals surface area contributed by atoms with E-state index in [1.54, 1.807) is 4.90 Å². The van der Waals surface area contributed by atoms with Gasteiger partial charge in [-0.2, -0.15) is 12.6 Å². The van der Waals surface area contributed by atoms with Crippen molar-refractivity contribution < 1.29 is 9.90 Å². The molecule has 1 atom stereocenters. The molecular formula is C16H25N3O2S. The van der Waals surface area contributed by atoms with Gasteiger partial charge in [0.25, 0.3) is 0 Å². The molecule has 5 nitrogen and oxygen atoms in total. The first-order valence-electron chi connectivity index (χ1n) is 7.22. The van der Waals surface area contributed by atoms with Crippen molar-refractivity contribution in [2.24, 2.45) is 11.5 Å². The number of nitrogens with two attached hydrogens (primary N) is 2. The summed E-state index contributed by atoms with van der Waals surface area (Å²) in [6.07, 6.45) is 0.636. The van der Waals surface area contributed by atoms with Gasteiger partial charge in [-0.1, -0.05) is 23.8 Å². The van der Waals surface area contributed by atoms with Gasteiger partial charge in [0.15, 0.2) is 0 Å². The fourth-order valence-electron chi connectivity index (χ4n) is 2.25. The van der Waals surface area contributed by atoms with Crippen molar-refractivity contribution in [2.75, 3.05) is 24.5 Å². The second-order valence-electron chi connectivity index (χ2n) is 5.41. The van der Waals surface area contributed by atoms with Crippen LogP contribution in [0.3, 0.4) is 0 Å². The fourth-order valence-corrected chi connectivity index (χ4v) is 2.70. The molecule has 1 rings (SSSR count). The van der Waals surface area contributed by atoms with E-state index in [4.69, 9.17) is 16.6 Å². The molecule has 6 heteroatoms. The molecule has 22 heavy (non-hydrogen) atoms. The molecule has 0 radical (unpaired) electrons. The summed E-state index contributed by atoms with van der Waals surface area (Å²) in [5.41, 5.74) is 15.3. The maximum Gasteiger partial charge on any atom is 0.323 e. The largest absolute Gasteiger partial charge is 0.480 e. The predicted molar refractivity (Wildman–Crippen MR) is 94.4 cm³/mol. The number of carbonyl (C=O) groups is 1. The van der Waals surface area contributed by atoms with Gasteiger partial charge in [0.05, 0.1) is 0 Å². The molecular weight excluding hydrogens is 298 g/mol. The van der Waals surface area contributed by atoms with Crippen LogP contribution in [0.1, 0.15) is 19.4 Å². The number of rotatable bonds is 8. The van der Waals surface area contributed by atoms with E-state index >= 15 is 0 Å². The van der Waals surface area contributed by atoms with E-state index in [-0.39, 0.29) is 11.8 Å². The van der Waals surface area contributed by atoms with Crippen molar-refractivity contribution in [1.82, 2.24) is 0 Å². The number of allylic oxidation sites excluding steroid dienone is 1. The van der Waals surface area contributed by atoms with E-state index < -0.39 is 5.97 Å². The summed E-state index contributed by atoms with van der Waals surface area (Å²) < 4.78 is 0. The number of thiol groups is 1. The molecule has 0 bridgehead atoms. The van der Waals surface area contributed by atoms with E-state index in [1.807, 2.05) is 38.1 Å². The summed E-state index contributed by atoms with van der Waals surface area (Å²) in [6.45, 7) is 4.70. The van der Waals surface area contributed by atoms with Gasteiger partial charge in [-0.15, -0.1) is 0 Å². The standard InChI is InChI=1S/C16H25N3O2S/c1-11(2)16(18)14(22)9-12-5-3-4-6-13(12)19(8-7-17)10-15(20)21/h3-6,14,22H,7-10,17-18H2,1-2H3,(H,20,21). The Kier molecular flexibility index (Phi) is 7.27. The lowest BCUT2D eigenvalue weighted by Crippen LogP contribution is -2.35. The minimum Gasteiger partial charge on any atom is -0.480 e. The van der Waals surface area contributed by atoms with Gasteiger partial charge in [0.1, 0.15) is 6.54 Å². The topological polar surface area (TPSA) is 92.6 Å². The highest BCUT2D eigenvalue weighted by Crippen LogP contribution is 2.24. The highest BCUT2D eigenvalue weighted by Gasteiger charge is 2.16. The van der Waals surface area contributed by atoms with Crippen LogP contribution in [0.5, 0.6) is 0 Å². The van der Waals surface area contributed by atoms with Gasteiger partial charge in [-0.05, 0) is 31.9 Å². The Morgan fingerprint density at radius 1 is 1.36 bits per heavy atom. The average Bonchev–Trinajstić information content (AvgIpc) is 2.46. The normalized spacial score (nSPS) is 11.8. The first-order chi connectivity index (χ1) is 10.4. The van der Waals surface area contributed by atoms with Gasteiger partial charge in [0.2, 0.25) is 0 Å². The third-order valence-corrected chi connectivity index (χ3v) is 3.87. The summed E-state index contributed by atoms with van der Waals surface area (Å²) in [7, 11) is 0. The van der Waals surface area contributed by atoms with E-state index in [1.165, 1.54) is 0 Å². The second-order valence-corrected chi connectivity index (χ2v) is 6.03. The molecule has 0 aliphatic rings. The Balaban J connectivity index is 3.06. The highest BCUT2D eigenvalue weighted by molar-refractivity contribution is 7.81. The van der Waals surface area contributed by atoms with Crippen LogP contribution in [0, 0.1) is 0 Å². The first kappa shape index (κ1) is 18.4. The average molecular weight is 323 g/mol. The van der Waals surface area contributed by atoms with Crippen LogP contribution < -0.4 is 16.4 Å². The third kappa shape index (κ3) is 5.27. The highest BCUT2D eigenvalue weighted by atomic mass is 32.1. The van der Waals surface area contributed by atoms with Gasteiger partial charge in [-0.3, -0.25) is 4.79 Å². The molecule has 0 heterocycles. The summed E-state index contributed by atoms with van der Waals surface area (Å²) in [5.74, 6) is -0.880. The second kappa shape index (κ2) is 8.70. The number of carboxylic acid groups (broad SMARTS) is 1. The van der Waals surface area contributed by atoms with Gasteiger partial charge >= 0.3 is 5.97 Å². The Morgan fingerprint density at radius 2 is 2.00 bits per heavy atom. The molecule has 0 aromatic heterocycles. The van der Waals surface area contributed by atoms with E-state index in [9.17, 15) is 4.79 Å². The van der Waals surface area contributed by atoms with Crippen molar-refractivity contribution in [2.45, 2.75) is 25.5 Å². The summed E-state index contributed by atoms with van der Waals surface area (Å²) >= 11 is 4.57. The molecule has 1 aromatic rings. The van der Waals surface area contributed by atoms with Crippen LogP contribution in [0.4, 0.5) is 5.69 Å². The number of hydrogen-bond acceptors (Lipinski definition) is 5. The summed E-state index contributed by atoms with van der Waals surface area (Å²) in [6, 6.07) is 7.71. The molecule has 0 saturated heterocycles. The maximum absolute atomic E-state index is 11.1. The molecule has 0 fully saturated rings. The number of para-hydroxylation sites is 1. The van der Waals surface area contributed by atoms with Crippen LogP contribution in [0.25, 0.3) is 0 Å². The molecule has 0 aliphatic carbocycles. The zero-order valence-corrected chi connectivity index (χ0v) is 14.0. The van der Waals surface area contributed by atoms with Crippen molar-refractivity contribution in [3.63, 3.8) is 0 Å². The monoisotopic (exact) mass is 323 g/mol. The van der Waals surface area contributed by atoms with Crippen molar-refractivity contribution in [3.8, 4) is 0 Å². The van der Waals surface area contributed by atoms with E-state index in [2.05, 4.69) is 12.6 Å². The Labute approximate surface area is 137 Å². The van der Waals surface area contributed by atoms with Crippen molar-refractivity contribution in [1.29, 1.82) is 0 Å². The quantitative estimate of drug-likeness (QED) is 0.546. The van der Waals surface area contributed by atoms with Crippen LogP contribution in [0.15, 0.2) is 35.5 Å². The molecule has 0 amide bonds. The minimum atomic E-state index is -0.880. The SMILES string of the molecule is CC(C)=C(N)C(S)Cc1ccccc1N(CCN)CC(=O)O. The van der Waals surface area contributed by atoms with Crippen LogP contribution >= 0.6 is 12.6 Å². The lowest BCUT2D eigenvalue weighted by molar-refractivity contribution is -0.135. The van der Waals surface area contributed by atoms with Crippen LogP contribution in [-0.2, 0) is 11.2 Å². The number of anilines is 1. The minimum absolute atomic E-state index is 0.0798. The predicted octanol–water partition coefficient (Wildman–Crippen LogP) is 1.63. The number of hydrogen-bond donors (Lipinski definition) is 4. The molecule has 0 aliphatic heterocycles. The zero-order valence-electron chi connectivity index (χ0n) is 13.1. The zero-order chi connectivity index (χ0) is 16.7. The molecule has 5 N–H and O–H groups in total. The first-order valence-corrected chi connectivity index (χ1v) is 7.74. The molecule has 0 saturated carbocycles. The lowest BCUT2D eigenvalue weighted by atomic mass is 10.0. The molecule has 122 valence electrons. The number of benzene rings is 1. The number of carboxylic acids is 1. The molecule has 1 unspecified atom stereocenters. The smallest absolute Gasteiger partial charge is 0.323 e. The Bertz CT molecular complexity index is 542. The Hall–Kier alpha value is -1.66. The molecule has 0 spiro atoms. The van der Waals surface area contributed by atoms with Gasteiger partial charge in [-0.25, -0.2) is 0 Å². The van der Waals surface area contributed by atoms with Crippen LogP contribution in [0.2, 0.25) is 0 Å². The molecule has 1 aromatic carbocycles. The van der Waals surface area contributed by atoms with Gasteiger partial charge < -0.3 is 21.5 Å². The third-order valence-electron chi connectivity index (χ3n) is 3.41. The number of aliphatic carboxylic acids is 1. The van der Waals surface area contributed by atoms with Crippen LogP contribution in [-0.4, -0.2) is 36.0 Å². The van der Waals surface area contributed by atoms with E-state index in [0.717, 1.165) is 22.5 Å². The summed E-state index contributed by atoms with van der Waals surface area (Å²) in [4.78, 5) is 12.8. The van der Waals surface area contributed by atoms with E-state index in [0.29, 0.717) is 19.5 Å². The summed E-state index contributed by atoms with van der Waals surface area (Å²) in [5, 5.41) is 8.98. The fraction of sp³-hybridized carbons (Fsp3) is 0.438.